The predicted molar refractivity (Wildman–Crippen MR) is 150 cm³/mol. The summed E-state index contributed by atoms with van der Waals surface area (Å²) in [5, 5.41) is 18.7. The smallest absolute Gasteiger partial charge is 0.338 e. The van der Waals surface area contributed by atoms with Crippen LogP contribution in [-0.4, -0.2) is 30.6 Å². The summed E-state index contributed by atoms with van der Waals surface area (Å²) in [5.41, 5.74) is 3.23. The summed E-state index contributed by atoms with van der Waals surface area (Å²) in [4.78, 5) is 19.9. The van der Waals surface area contributed by atoms with Gasteiger partial charge in [-0.15, -0.1) is 20.5 Å². The van der Waals surface area contributed by atoms with E-state index in [9.17, 15) is 4.79 Å². The van der Waals surface area contributed by atoms with Crippen molar-refractivity contribution in [1.82, 2.24) is 4.98 Å². The highest BCUT2D eigenvalue weighted by atomic mass is 32.1. The lowest BCUT2D eigenvalue weighted by Gasteiger charge is -2.28. The number of aromatic nitrogens is 1. The first-order valence-electron chi connectivity index (χ1n) is 12.5. The van der Waals surface area contributed by atoms with Crippen LogP contribution in [0.1, 0.15) is 49.4 Å². The van der Waals surface area contributed by atoms with Crippen LogP contribution in [-0.2, 0) is 4.74 Å². The van der Waals surface area contributed by atoms with Crippen LogP contribution in [0.25, 0.3) is 9.53 Å². The summed E-state index contributed by atoms with van der Waals surface area (Å²) in [6.07, 6.45) is 5.70. The maximum atomic E-state index is 12.0. The fourth-order valence-corrected chi connectivity index (χ4v) is 5.80. The van der Waals surface area contributed by atoms with Gasteiger partial charge >= 0.3 is 5.97 Å². The third-order valence-electron chi connectivity index (χ3n) is 5.99. The molecule has 1 saturated heterocycles. The van der Waals surface area contributed by atoms with Gasteiger partial charge in [0.2, 0.25) is 5.13 Å². The third kappa shape index (κ3) is 6.64. The van der Waals surface area contributed by atoms with Gasteiger partial charge in [0, 0.05) is 18.8 Å². The number of thiazole rings is 1. The number of hydrogen-bond donors (Lipinski definition) is 0. The lowest BCUT2D eigenvalue weighted by atomic mass is 10.1. The molecule has 0 spiro atoms. The van der Waals surface area contributed by atoms with Gasteiger partial charge in [0.15, 0.2) is 0 Å². The van der Waals surface area contributed by atoms with Crippen LogP contribution in [0.3, 0.4) is 0 Å². The molecule has 0 N–H and O–H groups in total. The number of azo groups is 2. The average Bonchev–Trinajstić information content (AvgIpc) is 3.50. The molecule has 37 heavy (non-hydrogen) atoms. The van der Waals surface area contributed by atoms with E-state index in [1.54, 1.807) is 24.3 Å². The van der Waals surface area contributed by atoms with Crippen molar-refractivity contribution in [3.63, 3.8) is 0 Å². The Morgan fingerprint density at radius 3 is 2.32 bits per heavy atom. The quantitative estimate of drug-likeness (QED) is 0.122. The molecule has 1 aliphatic heterocycles. The number of esters is 1. The van der Waals surface area contributed by atoms with Crippen molar-refractivity contribution in [3.8, 4) is 0 Å². The van der Waals surface area contributed by atoms with Gasteiger partial charge in [-0.2, -0.15) is 0 Å². The molecule has 0 bridgehead atoms. The fourth-order valence-electron chi connectivity index (χ4n) is 3.95. The number of fused-ring (bicyclic) bond motifs is 1. The number of thiophene rings is 1. The minimum atomic E-state index is -0.316. The van der Waals surface area contributed by atoms with E-state index in [1.165, 1.54) is 47.6 Å². The number of hydrogen-bond acceptors (Lipinski definition) is 10. The van der Waals surface area contributed by atoms with Gasteiger partial charge in [-0.1, -0.05) is 36.0 Å². The van der Waals surface area contributed by atoms with Crippen LogP contribution in [0.2, 0.25) is 0 Å². The summed E-state index contributed by atoms with van der Waals surface area (Å²) < 4.78 is 6.23. The predicted octanol–water partition coefficient (Wildman–Crippen LogP) is 9.14. The molecule has 2 aromatic heterocycles. The minimum Gasteiger partial charge on any atom is -0.462 e. The second-order valence-electron chi connectivity index (χ2n) is 8.75. The van der Waals surface area contributed by atoms with Crippen LogP contribution in [0.5, 0.6) is 0 Å². The van der Waals surface area contributed by atoms with Crippen molar-refractivity contribution in [3.05, 3.63) is 60.2 Å². The summed E-state index contributed by atoms with van der Waals surface area (Å²) in [5.74, 6) is -0.316. The maximum Gasteiger partial charge on any atom is 0.338 e. The highest BCUT2D eigenvalue weighted by Gasteiger charge is 2.11. The molecule has 4 aromatic rings. The summed E-state index contributed by atoms with van der Waals surface area (Å²) in [6, 6.07) is 17.1. The summed E-state index contributed by atoms with van der Waals surface area (Å²) >= 11 is 2.93. The van der Waals surface area contributed by atoms with E-state index in [1.807, 2.05) is 18.2 Å². The highest BCUT2D eigenvalue weighted by molar-refractivity contribution is 7.30. The zero-order valence-corrected chi connectivity index (χ0v) is 22.3. The second kappa shape index (κ2) is 12.2. The second-order valence-corrected chi connectivity index (χ2v) is 10.8. The van der Waals surface area contributed by atoms with Crippen molar-refractivity contribution in [2.75, 3.05) is 24.6 Å². The number of carbonyl (C=O) groups is 1. The number of nitrogens with zero attached hydrogens (tertiary/aromatic N) is 6. The van der Waals surface area contributed by atoms with Gasteiger partial charge in [0.25, 0.3) is 0 Å². The normalized spacial score (nSPS) is 14.2. The molecule has 0 atom stereocenters. The molecule has 5 rings (SSSR count). The number of benzene rings is 2. The Labute approximate surface area is 223 Å². The van der Waals surface area contributed by atoms with Gasteiger partial charge in [-0.05, 0) is 80.3 Å². The van der Waals surface area contributed by atoms with Gasteiger partial charge in [-0.25, -0.2) is 9.78 Å². The van der Waals surface area contributed by atoms with E-state index in [0.29, 0.717) is 23.0 Å². The van der Waals surface area contributed by atoms with Crippen molar-refractivity contribution in [2.24, 2.45) is 20.5 Å². The van der Waals surface area contributed by atoms with Crippen molar-refractivity contribution in [2.45, 2.75) is 39.0 Å². The molecule has 1 fully saturated rings. The SMILES string of the molecule is CCCCOC(=O)c1ccc(N=Nc2cc3sc(N=Nc4ccc(N5CCCCC5)cc4)nc3s2)cc1. The summed E-state index contributed by atoms with van der Waals surface area (Å²) in [6.45, 7) is 4.75. The minimum absolute atomic E-state index is 0.316. The molecule has 0 saturated carbocycles. The van der Waals surface area contributed by atoms with E-state index in [-0.39, 0.29) is 5.97 Å². The van der Waals surface area contributed by atoms with Crippen LogP contribution < -0.4 is 4.90 Å². The molecule has 2 aromatic carbocycles. The summed E-state index contributed by atoms with van der Waals surface area (Å²) in [7, 11) is 0. The zero-order chi connectivity index (χ0) is 25.5. The molecule has 190 valence electrons. The molecule has 0 radical (unpaired) electrons. The number of unbranched alkanes of at least 4 members (excludes halogenated alkanes) is 1. The Morgan fingerprint density at radius 1 is 0.919 bits per heavy atom. The van der Waals surface area contributed by atoms with Crippen LogP contribution in [0.4, 0.5) is 27.2 Å². The number of piperidine rings is 1. The number of ether oxygens (including phenoxy) is 1. The van der Waals surface area contributed by atoms with Crippen LogP contribution in [0, 0.1) is 0 Å². The van der Waals surface area contributed by atoms with E-state index < -0.39 is 0 Å². The Bertz CT molecular complexity index is 1360. The number of anilines is 1. The van der Waals surface area contributed by atoms with Crippen molar-refractivity contribution >= 4 is 65.4 Å². The Balaban J connectivity index is 1.18. The van der Waals surface area contributed by atoms with Gasteiger partial charge in [-0.3, -0.25) is 0 Å². The Hall–Kier alpha value is -3.50. The van der Waals surface area contributed by atoms with Crippen molar-refractivity contribution in [1.29, 1.82) is 0 Å². The molecular weight excluding hydrogens is 504 g/mol. The average molecular weight is 533 g/mol. The lowest BCUT2D eigenvalue weighted by molar-refractivity contribution is 0.0500. The van der Waals surface area contributed by atoms with Gasteiger partial charge in [0.1, 0.15) is 9.83 Å². The molecule has 0 aliphatic carbocycles. The molecule has 1 aliphatic rings. The molecule has 0 unspecified atom stereocenters. The maximum absolute atomic E-state index is 12.0. The van der Waals surface area contributed by atoms with Crippen LogP contribution >= 0.6 is 22.7 Å². The van der Waals surface area contributed by atoms with E-state index in [0.717, 1.165) is 46.1 Å². The monoisotopic (exact) mass is 532 g/mol. The standard InChI is InChI=1S/C27H28N6O2S2/c1-2-3-17-35-26(34)19-7-9-20(10-8-19)29-31-24-18-23-25(37-24)28-27(36-23)32-30-21-11-13-22(14-12-21)33-15-5-4-6-16-33/h7-14,18H,2-6,15-17H2,1H3. The topological polar surface area (TPSA) is 91.9 Å². The van der Waals surface area contributed by atoms with Gasteiger partial charge < -0.3 is 9.64 Å². The van der Waals surface area contributed by atoms with Crippen LogP contribution in [0.15, 0.2) is 75.1 Å². The highest BCUT2D eigenvalue weighted by Crippen LogP contribution is 2.39. The van der Waals surface area contributed by atoms with Gasteiger partial charge in [0.05, 0.1) is 28.2 Å². The van der Waals surface area contributed by atoms with E-state index >= 15 is 0 Å². The molecule has 8 nitrogen and oxygen atoms in total. The third-order valence-corrected chi connectivity index (χ3v) is 7.91. The Kier molecular flexibility index (Phi) is 8.27. The number of carbonyl (C=O) groups excluding carboxylic acids is 1. The molecule has 10 heteroatoms. The fraction of sp³-hybridized carbons (Fsp3) is 0.333. The van der Waals surface area contributed by atoms with E-state index in [2.05, 4.69) is 49.4 Å². The first-order chi connectivity index (χ1) is 18.2. The van der Waals surface area contributed by atoms with Crippen molar-refractivity contribution < 1.29 is 9.53 Å². The molecule has 0 amide bonds. The number of rotatable bonds is 9. The zero-order valence-electron chi connectivity index (χ0n) is 20.7. The Morgan fingerprint density at radius 2 is 1.62 bits per heavy atom. The molecule has 3 heterocycles. The lowest BCUT2D eigenvalue weighted by Crippen LogP contribution is -2.29. The largest absolute Gasteiger partial charge is 0.462 e. The first kappa shape index (κ1) is 25.2. The molecular formula is C27H28N6O2S2. The first-order valence-corrected chi connectivity index (χ1v) is 14.2. The van der Waals surface area contributed by atoms with E-state index in [4.69, 9.17) is 4.74 Å².